The normalized spacial score (nSPS) is 13.7. The molecule has 0 aromatic rings. The molecule has 0 bridgehead atoms. The molecule has 0 heterocycles. The van der Waals surface area contributed by atoms with Gasteiger partial charge in [0, 0.05) is 19.5 Å². The fourth-order valence-electron chi connectivity index (χ4n) is 1.08. The Labute approximate surface area is 90.2 Å². The summed E-state index contributed by atoms with van der Waals surface area (Å²) in [5.74, 6) is -1.08. The van der Waals surface area contributed by atoms with Crippen molar-refractivity contribution in [2.75, 3.05) is 13.1 Å². The van der Waals surface area contributed by atoms with Crippen LogP contribution in [0, 0.1) is 5.92 Å². The zero-order chi connectivity index (χ0) is 11.9. The lowest BCUT2D eigenvalue weighted by atomic mass is 10.0. The summed E-state index contributed by atoms with van der Waals surface area (Å²) < 4.78 is 26.9. The molecule has 0 amide bonds. The minimum absolute atomic E-state index is 0.0227. The fraction of sp³-hybridized carbons (Fsp3) is 0.875. The van der Waals surface area contributed by atoms with Crippen LogP contribution in [-0.2, 0) is 15.0 Å². The van der Waals surface area contributed by atoms with Crippen molar-refractivity contribution in [3.05, 3.63) is 0 Å². The highest BCUT2D eigenvalue weighted by atomic mass is 32.2. The molecule has 0 aromatic carbocycles. The van der Waals surface area contributed by atoms with E-state index in [0.717, 1.165) is 0 Å². The quantitative estimate of drug-likeness (QED) is 0.551. The molecule has 0 radical (unpaired) electrons. The van der Waals surface area contributed by atoms with E-state index in [4.69, 9.17) is 5.11 Å². The summed E-state index contributed by atoms with van der Waals surface area (Å²) in [5.41, 5.74) is 0. The third-order valence-electron chi connectivity index (χ3n) is 1.94. The van der Waals surface area contributed by atoms with Gasteiger partial charge >= 0.3 is 5.97 Å². The van der Waals surface area contributed by atoms with Crippen LogP contribution < -0.4 is 9.44 Å². The highest BCUT2D eigenvalue weighted by Gasteiger charge is 2.14. The van der Waals surface area contributed by atoms with E-state index in [2.05, 4.69) is 9.44 Å². The Kier molecular flexibility index (Phi) is 6.46. The summed E-state index contributed by atoms with van der Waals surface area (Å²) in [5, 5.41) is 8.55. The highest BCUT2D eigenvalue weighted by Crippen LogP contribution is 2.06. The molecule has 90 valence electrons. The van der Waals surface area contributed by atoms with Crippen LogP contribution in [0.5, 0.6) is 0 Å². The van der Waals surface area contributed by atoms with Gasteiger partial charge in [-0.25, -0.2) is 9.44 Å². The van der Waals surface area contributed by atoms with Crippen molar-refractivity contribution in [1.82, 2.24) is 9.44 Å². The maximum Gasteiger partial charge on any atom is 0.303 e. The summed E-state index contributed by atoms with van der Waals surface area (Å²) in [7, 11) is -3.47. The average Bonchev–Trinajstić information content (AvgIpc) is 2.11. The second kappa shape index (κ2) is 6.76. The minimum atomic E-state index is -3.47. The third kappa shape index (κ3) is 7.29. The van der Waals surface area contributed by atoms with Gasteiger partial charge in [-0.1, -0.05) is 20.3 Å². The molecule has 0 saturated carbocycles. The Morgan fingerprint density at radius 2 is 1.93 bits per heavy atom. The van der Waals surface area contributed by atoms with Gasteiger partial charge in [-0.15, -0.1) is 0 Å². The first kappa shape index (κ1) is 14.3. The number of hydrogen-bond acceptors (Lipinski definition) is 3. The number of carboxylic acids is 1. The molecule has 0 aliphatic carbocycles. The molecule has 3 N–H and O–H groups in total. The van der Waals surface area contributed by atoms with Gasteiger partial charge in [0.1, 0.15) is 0 Å². The van der Waals surface area contributed by atoms with E-state index in [1.807, 2.05) is 6.92 Å². The van der Waals surface area contributed by atoms with Crippen LogP contribution in [0.4, 0.5) is 0 Å². The largest absolute Gasteiger partial charge is 0.481 e. The van der Waals surface area contributed by atoms with Gasteiger partial charge in [-0.2, -0.15) is 8.42 Å². The lowest BCUT2D eigenvalue weighted by Gasteiger charge is -2.13. The first-order valence-electron chi connectivity index (χ1n) is 4.87. The summed E-state index contributed by atoms with van der Waals surface area (Å²) in [6.07, 6.45) is 0.603. The number of nitrogens with one attached hydrogen (secondary N) is 2. The zero-order valence-corrected chi connectivity index (χ0v) is 9.80. The molecule has 6 nitrogen and oxygen atoms in total. The third-order valence-corrected chi connectivity index (χ3v) is 3.15. The van der Waals surface area contributed by atoms with Gasteiger partial charge in [0.2, 0.25) is 0 Å². The molecule has 0 saturated heterocycles. The van der Waals surface area contributed by atoms with Crippen molar-refractivity contribution in [3.8, 4) is 0 Å². The lowest BCUT2D eigenvalue weighted by Crippen LogP contribution is -2.39. The maximum absolute atomic E-state index is 11.2. The van der Waals surface area contributed by atoms with Crippen molar-refractivity contribution in [2.24, 2.45) is 5.92 Å². The van der Waals surface area contributed by atoms with Gasteiger partial charge in [0.25, 0.3) is 10.2 Å². The second-order valence-corrected chi connectivity index (χ2v) is 4.81. The topological polar surface area (TPSA) is 95.5 Å². The predicted molar refractivity (Wildman–Crippen MR) is 56.6 cm³/mol. The van der Waals surface area contributed by atoms with Crippen LogP contribution in [0.1, 0.15) is 26.7 Å². The Hall–Kier alpha value is -0.660. The predicted octanol–water partition coefficient (Wildman–Crippen LogP) is -0.0688. The first-order chi connectivity index (χ1) is 6.91. The van der Waals surface area contributed by atoms with Crippen LogP contribution in [0.2, 0.25) is 0 Å². The van der Waals surface area contributed by atoms with Gasteiger partial charge in [-0.3, -0.25) is 4.79 Å². The highest BCUT2D eigenvalue weighted by molar-refractivity contribution is 7.87. The Morgan fingerprint density at radius 3 is 2.33 bits per heavy atom. The molecule has 0 aliphatic heterocycles. The molecule has 15 heavy (non-hydrogen) atoms. The average molecular weight is 238 g/mol. The maximum atomic E-state index is 11.2. The number of carbonyl (C=O) groups is 1. The first-order valence-corrected chi connectivity index (χ1v) is 6.35. The van der Waals surface area contributed by atoms with Crippen LogP contribution in [0.15, 0.2) is 0 Å². The Morgan fingerprint density at radius 1 is 1.33 bits per heavy atom. The monoisotopic (exact) mass is 238 g/mol. The molecular formula is C8H18N2O4S. The molecule has 0 spiro atoms. The molecule has 0 fully saturated rings. The number of carboxylic acid groups (broad SMARTS) is 1. The van der Waals surface area contributed by atoms with E-state index >= 15 is 0 Å². The van der Waals surface area contributed by atoms with Crippen molar-refractivity contribution >= 4 is 16.2 Å². The van der Waals surface area contributed by atoms with Gasteiger partial charge in [-0.05, 0) is 5.92 Å². The van der Waals surface area contributed by atoms with E-state index in [1.165, 1.54) is 0 Å². The Bertz CT molecular complexity index is 289. The Balaban J connectivity index is 4.05. The summed E-state index contributed by atoms with van der Waals surface area (Å²) in [6, 6.07) is 0. The second-order valence-electron chi connectivity index (χ2n) is 3.22. The molecule has 1 unspecified atom stereocenters. The number of aliphatic carboxylic acids is 1. The smallest absolute Gasteiger partial charge is 0.303 e. The van der Waals surface area contributed by atoms with Crippen molar-refractivity contribution < 1.29 is 18.3 Å². The van der Waals surface area contributed by atoms with E-state index in [9.17, 15) is 13.2 Å². The van der Waals surface area contributed by atoms with E-state index < -0.39 is 16.2 Å². The van der Waals surface area contributed by atoms with E-state index in [-0.39, 0.29) is 18.9 Å². The van der Waals surface area contributed by atoms with E-state index in [0.29, 0.717) is 13.0 Å². The molecule has 0 aromatic heterocycles. The summed E-state index contributed by atoms with van der Waals surface area (Å²) in [6.45, 7) is 3.96. The van der Waals surface area contributed by atoms with Crippen molar-refractivity contribution in [3.63, 3.8) is 0 Å². The summed E-state index contributed by atoms with van der Waals surface area (Å²) >= 11 is 0. The van der Waals surface area contributed by atoms with Crippen molar-refractivity contribution in [2.45, 2.75) is 26.7 Å². The molecule has 0 rings (SSSR count). The number of rotatable bonds is 8. The molecule has 7 heteroatoms. The lowest BCUT2D eigenvalue weighted by molar-refractivity contribution is -0.138. The zero-order valence-electron chi connectivity index (χ0n) is 8.99. The number of hydrogen-bond donors (Lipinski definition) is 3. The van der Waals surface area contributed by atoms with E-state index in [1.54, 1.807) is 6.92 Å². The molecule has 1 atom stereocenters. The minimum Gasteiger partial charge on any atom is -0.481 e. The van der Waals surface area contributed by atoms with Crippen molar-refractivity contribution in [1.29, 1.82) is 0 Å². The van der Waals surface area contributed by atoms with Crippen LogP contribution in [0.3, 0.4) is 0 Å². The SMILES string of the molecule is CCNS(=O)(=O)NCC(CC)CC(=O)O. The van der Waals surface area contributed by atoms with Gasteiger partial charge < -0.3 is 5.11 Å². The van der Waals surface area contributed by atoms with Crippen LogP contribution >= 0.6 is 0 Å². The summed E-state index contributed by atoms with van der Waals surface area (Å²) in [4.78, 5) is 10.4. The molecular weight excluding hydrogens is 220 g/mol. The fourth-order valence-corrected chi connectivity index (χ4v) is 2.01. The van der Waals surface area contributed by atoms with Gasteiger partial charge in [0.05, 0.1) is 0 Å². The van der Waals surface area contributed by atoms with Crippen LogP contribution in [-0.4, -0.2) is 32.6 Å². The molecule has 0 aliphatic rings. The standard InChI is InChI=1S/C8H18N2O4S/c1-3-7(5-8(11)12)6-10-15(13,14)9-4-2/h7,9-10H,3-6H2,1-2H3,(H,11,12). The van der Waals surface area contributed by atoms with Gasteiger partial charge in [0.15, 0.2) is 0 Å². The van der Waals surface area contributed by atoms with Crippen LogP contribution in [0.25, 0.3) is 0 Å².